The molecule has 5 nitrogen and oxygen atoms in total. The summed E-state index contributed by atoms with van der Waals surface area (Å²) in [6.45, 7) is 3.85. The van der Waals surface area contributed by atoms with Crippen molar-refractivity contribution in [1.29, 1.82) is 0 Å². The van der Waals surface area contributed by atoms with E-state index >= 15 is 0 Å². The molecule has 1 saturated heterocycles. The molecule has 1 aliphatic heterocycles. The second-order valence-corrected chi connectivity index (χ2v) is 9.97. The summed E-state index contributed by atoms with van der Waals surface area (Å²) in [4.78, 5) is 0.129. The van der Waals surface area contributed by atoms with Gasteiger partial charge in [0.25, 0.3) is 10.0 Å². The van der Waals surface area contributed by atoms with E-state index in [2.05, 4.69) is 28.2 Å². The van der Waals surface area contributed by atoms with Gasteiger partial charge in [-0.2, -0.15) is 0 Å². The van der Waals surface area contributed by atoms with Crippen LogP contribution in [0.5, 0.6) is 5.75 Å². The Kier molecular flexibility index (Phi) is 6.81. The summed E-state index contributed by atoms with van der Waals surface area (Å²) in [7, 11) is -3.88. The van der Waals surface area contributed by atoms with E-state index in [1.807, 2.05) is 0 Å². The average Bonchev–Trinajstić information content (AvgIpc) is 3.05. The van der Waals surface area contributed by atoms with E-state index in [1.165, 1.54) is 28.4 Å². The van der Waals surface area contributed by atoms with Crippen molar-refractivity contribution >= 4 is 49.3 Å². The van der Waals surface area contributed by atoms with Gasteiger partial charge in [0, 0.05) is 22.1 Å². The average molecular weight is 518 g/mol. The van der Waals surface area contributed by atoms with Crippen molar-refractivity contribution in [3.05, 3.63) is 59.0 Å². The Bertz CT molecular complexity index is 1160. The lowest BCUT2D eigenvalue weighted by molar-refractivity contribution is 0.0329. The highest BCUT2D eigenvalue weighted by molar-refractivity contribution is 9.10. The number of rotatable bonds is 5. The molecule has 3 aromatic rings. The lowest BCUT2D eigenvalue weighted by atomic mass is 9.89. The Morgan fingerprint density at radius 3 is 2.63 bits per heavy atom. The lowest BCUT2D eigenvalue weighted by Gasteiger charge is -2.37. The Labute approximate surface area is 190 Å². The molecule has 0 unspecified atom stereocenters. The topological polar surface area (TPSA) is 60.3 Å². The first-order valence-electron chi connectivity index (χ1n) is 9.56. The van der Waals surface area contributed by atoms with Crippen molar-refractivity contribution in [3.63, 3.8) is 0 Å². The van der Waals surface area contributed by atoms with E-state index in [9.17, 15) is 12.8 Å². The summed E-state index contributed by atoms with van der Waals surface area (Å²) in [5, 5.41) is 3.83. The molecule has 1 fully saturated rings. The van der Waals surface area contributed by atoms with Crippen LogP contribution < -0.4 is 10.1 Å². The molecule has 0 bridgehead atoms. The van der Waals surface area contributed by atoms with Crippen LogP contribution in [-0.4, -0.2) is 31.1 Å². The van der Waals surface area contributed by atoms with Crippen molar-refractivity contribution in [2.75, 3.05) is 13.1 Å². The molecule has 0 aliphatic carbocycles. The lowest BCUT2D eigenvalue weighted by Crippen LogP contribution is -2.45. The van der Waals surface area contributed by atoms with Gasteiger partial charge in [-0.25, -0.2) is 16.8 Å². The van der Waals surface area contributed by atoms with Gasteiger partial charge in [0.15, 0.2) is 0 Å². The van der Waals surface area contributed by atoms with Gasteiger partial charge < -0.3 is 10.1 Å². The number of aromatic nitrogens is 1. The number of halogens is 3. The number of ether oxygens (including phenoxy) is 1. The van der Waals surface area contributed by atoms with Crippen LogP contribution in [0.25, 0.3) is 10.9 Å². The van der Waals surface area contributed by atoms with Gasteiger partial charge in [0.05, 0.1) is 10.4 Å². The Morgan fingerprint density at radius 2 is 1.93 bits per heavy atom. The highest BCUT2D eigenvalue weighted by Crippen LogP contribution is 2.33. The van der Waals surface area contributed by atoms with Crippen LogP contribution in [0.2, 0.25) is 0 Å². The maximum atomic E-state index is 13.6. The van der Waals surface area contributed by atoms with Crippen LogP contribution in [-0.2, 0) is 10.0 Å². The smallest absolute Gasteiger partial charge is 0.268 e. The zero-order valence-corrected chi connectivity index (χ0v) is 19.6. The van der Waals surface area contributed by atoms with E-state index in [-0.39, 0.29) is 22.9 Å². The van der Waals surface area contributed by atoms with E-state index in [0.29, 0.717) is 21.1 Å². The quantitative estimate of drug-likeness (QED) is 0.511. The first-order chi connectivity index (χ1) is 13.8. The largest absolute Gasteiger partial charge is 0.487 e. The van der Waals surface area contributed by atoms with Crippen molar-refractivity contribution in [2.45, 2.75) is 36.7 Å². The van der Waals surface area contributed by atoms with Gasteiger partial charge in [-0.05, 0) is 78.6 Å². The summed E-state index contributed by atoms with van der Waals surface area (Å²) in [5.74, 6) is 0.118. The molecule has 9 heteroatoms. The number of nitrogens with zero attached hydrogens (tertiary/aromatic N) is 1. The Hall–Kier alpha value is -1.61. The molecule has 2 heterocycles. The minimum atomic E-state index is -3.88. The summed E-state index contributed by atoms with van der Waals surface area (Å²) in [6.07, 6.45) is 4.06. The van der Waals surface area contributed by atoms with Crippen LogP contribution in [0.4, 0.5) is 4.39 Å². The second kappa shape index (κ2) is 8.86. The molecule has 1 N–H and O–H groups in total. The number of fused-ring (bicyclic) bond motifs is 1. The van der Waals surface area contributed by atoms with Crippen molar-refractivity contribution in [3.8, 4) is 5.75 Å². The summed E-state index contributed by atoms with van der Waals surface area (Å²) >= 11 is 3.33. The highest BCUT2D eigenvalue weighted by Gasteiger charge is 2.32. The fraction of sp³-hybridized carbons (Fsp3) is 0.333. The maximum absolute atomic E-state index is 13.6. The Morgan fingerprint density at radius 1 is 1.20 bits per heavy atom. The fourth-order valence-electron chi connectivity index (χ4n) is 3.80. The third-order valence-electron chi connectivity index (χ3n) is 5.54. The van der Waals surface area contributed by atoms with Gasteiger partial charge in [-0.1, -0.05) is 13.0 Å². The molecule has 0 amide bonds. The molecule has 4 rings (SSSR count). The van der Waals surface area contributed by atoms with Crippen LogP contribution >= 0.6 is 28.3 Å². The normalized spacial score (nSPS) is 16.2. The van der Waals surface area contributed by atoms with E-state index < -0.39 is 15.8 Å². The molecular formula is C21H23BrClFN2O3S. The molecule has 2 aromatic carbocycles. The zero-order chi connectivity index (χ0) is 20.6. The summed E-state index contributed by atoms with van der Waals surface area (Å²) in [6, 6.07) is 10.6. The van der Waals surface area contributed by atoms with Gasteiger partial charge in [-0.15, -0.1) is 12.4 Å². The third-order valence-corrected chi connectivity index (χ3v) is 7.84. The molecule has 1 aliphatic rings. The highest BCUT2D eigenvalue weighted by atomic mass is 79.9. The molecule has 1 aromatic heterocycles. The first kappa shape index (κ1) is 23.1. The van der Waals surface area contributed by atoms with Crippen LogP contribution in [0.15, 0.2) is 58.0 Å². The maximum Gasteiger partial charge on any atom is 0.268 e. The number of benzene rings is 2. The minimum Gasteiger partial charge on any atom is -0.487 e. The molecule has 0 spiro atoms. The number of nitrogens with one attached hydrogen (secondary N) is 1. The molecule has 0 saturated carbocycles. The van der Waals surface area contributed by atoms with Gasteiger partial charge >= 0.3 is 0 Å². The molecule has 162 valence electrons. The number of hydrogen-bond donors (Lipinski definition) is 1. The molecule has 0 radical (unpaired) electrons. The minimum absolute atomic E-state index is 0. The van der Waals surface area contributed by atoms with E-state index in [0.717, 1.165) is 32.4 Å². The standard InChI is InChI=1S/C21H22BrFN2O3S.ClH/c1-2-21(8-10-24-11-9-21)28-16-4-3-5-17(13-16)29(26,27)25-14-19(22)18-12-15(23)6-7-20(18)25;/h3-7,12-14,24H,2,8-11H2,1H3;1H. The van der Waals surface area contributed by atoms with Crippen LogP contribution in [0, 0.1) is 5.82 Å². The molecule has 30 heavy (non-hydrogen) atoms. The van der Waals surface area contributed by atoms with Crippen LogP contribution in [0.3, 0.4) is 0 Å². The predicted octanol–water partition coefficient (Wildman–Crippen LogP) is 5.11. The summed E-state index contributed by atoms with van der Waals surface area (Å²) < 4.78 is 48.2. The number of piperidine rings is 1. The van der Waals surface area contributed by atoms with Gasteiger partial charge in [0.1, 0.15) is 17.2 Å². The van der Waals surface area contributed by atoms with Gasteiger partial charge in [0.2, 0.25) is 0 Å². The Balaban J connectivity index is 0.00000256. The van der Waals surface area contributed by atoms with E-state index in [1.54, 1.807) is 24.3 Å². The second-order valence-electron chi connectivity index (χ2n) is 7.30. The van der Waals surface area contributed by atoms with E-state index in [4.69, 9.17) is 4.74 Å². The predicted molar refractivity (Wildman–Crippen MR) is 122 cm³/mol. The molecule has 0 atom stereocenters. The molecular weight excluding hydrogens is 495 g/mol. The third kappa shape index (κ3) is 4.23. The van der Waals surface area contributed by atoms with Crippen LogP contribution in [0.1, 0.15) is 26.2 Å². The van der Waals surface area contributed by atoms with Crippen molar-refractivity contribution in [2.24, 2.45) is 0 Å². The van der Waals surface area contributed by atoms with Crippen molar-refractivity contribution < 1.29 is 17.5 Å². The summed E-state index contributed by atoms with van der Waals surface area (Å²) in [5.41, 5.74) is 0.127. The first-order valence-corrected chi connectivity index (χ1v) is 11.8. The monoisotopic (exact) mass is 516 g/mol. The zero-order valence-electron chi connectivity index (χ0n) is 16.4. The van der Waals surface area contributed by atoms with Gasteiger partial charge in [-0.3, -0.25) is 0 Å². The fourth-order valence-corrected chi connectivity index (χ4v) is 5.87. The number of hydrogen-bond acceptors (Lipinski definition) is 4. The SMILES string of the molecule is CCC1(Oc2cccc(S(=O)(=O)n3cc(Br)c4cc(F)ccc43)c2)CCNCC1.Cl. The van der Waals surface area contributed by atoms with Crippen molar-refractivity contribution in [1.82, 2.24) is 9.29 Å².